The average molecular weight is 385 g/mol. The standard InChI is InChI=1S/C20H13ClO6/c1-9-4-16(22)27-19-11(9)2-3-14-18(19)12(7-17(23)26-14)10-5-13(21)20-15(6-10)24-8-25-20/h2-6,12H,7-8H2,1H3/t12-/m1/s1. The van der Waals surface area contributed by atoms with E-state index in [1.54, 1.807) is 24.3 Å². The van der Waals surface area contributed by atoms with Crippen molar-refractivity contribution in [2.45, 2.75) is 19.3 Å². The molecule has 0 radical (unpaired) electrons. The molecular formula is C20H13ClO6. The molecule has 136 valence electrons. The van der Waals surface area contributed by atoms with Crippen LogP contribution in [0.1, 0.15) is 29.0 Å². The quantitative estimate of drug-likeness (QED) is 0.359. The minimum absolute atomic E-state index is 0.0960. The molecule has 2 aromatic carbocycles. The van der Waals surface area contributed by atoms with Crippen LogP contribution < -0.4 is 19.8 Å². The van der Waals surface area contributed by atoms with E-state index in [1.807, 2.05) is 6.92 Å². The maximum atomic E-state index is 12.2. The van der Waals surface area contributed by atoms with Gasteiger partial charge in [0.2, 0.25) is 6.79 Å². The summed E-state index contributed by atoms with van der Waals surface area (Å²) in [5.74, 6) is 0.638. The Balaban J connectivity index is 1.79. The normalized spacial score (nSPS) is 17.7. The maximum absolute atomic E-state index is 12.2. The molecule has 0 saturated heterocycles. The summed E-state index contributed by atoms with van der Waals surface area (Å²) in [5, 5.41) is 1.20. The largest absolute Gasteiger partial charge is 0.454 e. The summed E-state index contributed by atoms with van der Waals surface area (Å²) in [7, 11) is 0. The fourth-order valence-corrected chi connectivity index (χ4v) is 3.99. The minimum atomic E-state index is -0.451. The van der Waals surface area contributed by atoms with E-state index in [0.29, 0.717) is 33.4 Å². The molecule has 0 aliphatic carbocycles. The van der Waals surface area contributed by atoms with E-state index in [2.05, 4.69) is 0 Å². The second-order valence-corrected chi connectivity index (χ2v) is 6.98. The van der Waals surface area contributed by atoms with Gasteiger partial charge in [-0.25, -0.2) is 4.79 Å². The molecule has 27 heavy (non-hydrogen) atoms. The predicted octanol–water partition coefficient (Wildman–Crippen LogP) is 3.92. The molecule has 0 bridgehead atoms. The van der Waals surface area contributed by atoms with Crippen LogP contribution in [0.15, 0.2) is 39.5 Å². The number of carbonyl (C=O) groups excluding carboxylic acids is 1. The van der Waals surface area contributed by atoms with Crippen LogP contribution in [0.3, 0.4) is 0 Å². The molecule has 3 aromatic rings. The van der Waals surface area contributed by atoms with Gasteiger partial charge >= 0.3 is 11.6 Å². The van der Waals surface area contributed by atoms with Gasteiger partial charge in [-0.15, -0.1) is 0 Å². The van der Waals surface area contributed by atoms with Crippen LogP contribution in [0.5, 0.6) is 17.2 Å². The van der Waals surface area contributed by atoms with Gasteiger partial charge in [-0.2, -0.15) is 0 Å². The lowest BCUT2D eigenvalue weighted by Gasteiger charge is -2.26. The molecule has 0 spiro atoms. The number of aryl methyl sites for hydroxylation is 1. The van der Waals surface area contributed by atoms with E-state index in [1.165, 1.54) is 6.07 Å². The van der Waals surface area contributed by atoms with E-state index in [9.17, 15) is 9.59 Å². The summed E-state index contributed by atoms with van der Waals surface area (Å²) in [5.41, 5.74) is 2.18. The number of hydrogen-bond donors (Lipinski definition) is 0. The highest BCUT2D eigenvalue weighted by atomic mass is 35.5. The highest BCUT2D eigenvalue weighted by Gasteiger charge is 2.33. The van der Waals surface area contributed by atoms with E-state index in [-0.39, 0.29) is 25.1 Å². The summed E-state index contributed by atoms with van der Waals surface area (Å²) in [6.45, 7) is 1.94. The first kappa shape index (κ1) is 16.2. The predicted molar refractivity (Wildman–Crippen MR) is 96.9 cm³/mol. The van der Waals surface area contributed by atoms with Gasteiger partial charge in [0, 0.05) is 22.9 Å². The van der Waals surface area contributed by atoms with Crippen LogP contribution in [-0.2, 0) is 4.79 Å². The summed E-state index contributed by atoms with van der Waals surface area (Å²) in [6, 6.07) is 8.50. The zero-order valence-electron chi connectivity index (χ0n) is 14.2. The first-order valence-corrected chi connectivity index (χ1v) is 8.76. The first-order chi connectivity index (χ1) is 13.0. The Hall–Kier alpha value is -2.99. The Morgan fingerprint density at radius 1 is 1.07 bits per heavy atom. The number of esters is 1. The number of rotatable bonds is 1. The number of hydrogen-bond acceptors (Lipinski definition) is 6. The van der Waals surface area contributed by atoms with Crippen molar-refractivity contribution in [3.05, 3.63) is 62.5 Å². The van der Waals surface area contributed by atoms with Gasteiger partial charge in [0.25, 0.3) is 0 Å². The van der Waals surface area contributed by atoms with Crippen LogP contribution in [0.2, 0.25) is 5.02 Å². The Kier molecular flexibility index (Phi) is 3.45. The number of carbonyl (C=O) groups is 1. The van der Waals surface area contributed by atoms with Crippen molar-refractivity contribution in [3.8, 4) is 17.2 Å². The second-order valence-electron chi connectivity index (χ2n) is 6.57. The SMILES string of the molecule is Cc1cc(=O)oc2c3c(ccc12)OC(=O)C[C@@H]3c1cc(Cl)c2c(c1)OCO2. The minimum Gasteiger partial charge on any atom is -0.454 e. The van der Waals surface area contributed by atoms with Gasteiger partial charge in [0.15, 0.2) is 11.5 Å². The Labute approximate surface area is 158 Å². The van der Waals surface area contributed by atoms with Crippen molar-refractivity contribution in [1.82, 2.24) is 0 Å². The van der Waals surface area contributed by atoms with Gasteiger partial charge in [-0.3, -0.25) is 4.79 Å². The zero-order chi connectivity index (χ0) is 18.7. The van der Waals surface area contributed by atoms with Crippen molar-refractivity contribution in [3.63, 3.8) is 0 Å². The molecule has 5 rings (SSSR count). The number of halogens is 1. The topological polar surface area (TPSA) is 75.0 Å². The number of ether oxygens (including phenoxy) is 3. The first-order valence-electron chi connectivity index (χ1n) is 8.38. The molecule has 0 N–H and O–H groups in total. The number of fused-ring (bicyclic) bond motifs is 4. The highest BCUT2D eigenvalue weighted by molar-refractivity contribution is 6.32. The summed E-state index contributed by atoms with van der Waals surface area (Å²) < 4.78 is 21.7. The van der Waals surface area contributed by atoms with Crippen LogP contribution in [0.25, 0.3) is 11.0 Å². The van der Waals surface area contributed by atoms with Crippen LogP contribution in [0.4, 0.5) is 0 Å². The van der Waals surface area contributed by atoms with Crippen LogP contribution >= 0.6 is 11.6 Å². The van der Waals surface area contributed by atoms with Gasteiger partial charge in [-0.05, 0) is 42.3 Å². The second kappa shape index (κ2) is 5.76. The molecular weight excluding hydrogens is 372 g/mol. The molecule has 2 aliphatic rings. The fourth-order valence-electron chi connectivity index (χ4n) is 3.71. The van der Waals surface area contributed by atoms with E-state index < -0.39 is 5.63 Å². The fraction of sp³-hybridized carbons (Fsp3) is 0.200. The third-order valence-electron chi connectivity index (χ3n) is 4.91. The molecule has 7 heteroatoms. The van der Waals surface area contributed by atoms with E-state index in [0.717, 1.165) is 16.5 Å². The molecule has 2 aliphatic heterocycles. The van der Waals surface area contributed by atoms with Gasteiger partial charge < -0.3 is 18.6 Å². The lowest BCUT2D eigenvalue weighted by Crippen LogP contribution is -2.21. The molecule has 0 unspecified atom stereocenters. The molecule has 3 heterocycles. The Bertz CT molecular complexity index is 1180. The smallest absolute Gasteiger partial charge is 0.336 e. The molecule has 6 nitrogen and oxygen atoms in total. The van der Waals surface area contributed by atoms with Crippen LogP contribution in [0, 0.1) is 6.92 Å². The molecule has 1 aromatic heterocycles. The van der Waals surface area contributed by atoms with Crippen molar-refractivity contribution < 1.29 is 23.4 Å². The lowest BCUT2D eigenvalue weighted by atomic mass is 9.85. The summed E-state index contributed by atoms with van der Waals surface area (Å²) >= 11 is 6.33. The molecule has 0 fully saturated rings. The molecule has 0 amide bonds. The van der Waals surface area contributed by atoms with Crippen molar-refractivity contribution >= 4 is 28.5 Å². The third kappa shape index (κ3) is 2.48. The van der Waals surface area contributed by atoms with E-state index in [4.69, 9.17) is 30.2 Å². The van der Waals surface area contributed by atoms with Crippen molar-refractivity contribution in [2.75, 3.05) is 6.79 Å². The van der Waals surface area contributed by atoms with Crippen LogP contribution in [-0.4, -0.2) is 12.8 Å². The van der Waals surface area contributed by atoms with Gasteiger partial charge in [0.1, 0.15) is 11.3 Å². The van der Waals surface area contributed by atoms with Crippen molar-refractivity contribution in [1.29, 1.82) is 0 Å². The maximum Gasteiger partial charge on any atom is 0.336 e. The van der Waals surface area contributed by atoms with Gasteiger partial charge in [-0.1, -0.05) is 11.6 Å². The third-order valence-corrected chi connectivity index (χ3v) is 5.19. The average Bonchev–Trinajstić information content (AvgIpc) is 3.09. The Morgan fingerprint density at radius 3 is 2.78 bits per heavy atom. The molecule has 0 saturated carbocycles. The van der Waals surface area contributed by atoms with Crippen molar-refractivity contribution in [2.24, 2.45) is 0 Å². The Morgan fingerprint density at radius 2 is 1.93 bits per heavy atom. The lowest BCUT2D eigenvalue weighted by molar-refractivity contribution is -0.135. The van der Waals surface area contributed by atoms with Gasteiger partial charge in [0.05, 0.1) is 11.4 Å². The molecule has 1 atom stereocenters. The summed E-state index contributed by atoms with van der Waals surface area (Å²) in [6.07, 6.45) is 0.0970. The number of benzene rings is 2. The highest BCUT2D eigenvalue weighted by Crippen LogP contribution is 2.47. The van der Waals surface area contributed by atoms with E-state index >= 15 is 0 Å². The monoisotopic (exact) mass is 384 g/mol. The summed E-state index contributed by atoms with van der Waals surface area (Å²) in [4.78, 5) is 24.2. The zero-order valence-corrected chi connectivity index (χ0v) is 15.0.